The van der Waals surface area contributed by atoms with Gasteiger partial charge >= 0.3 is 5.97 Å². The first-order valence-electron chi connectivity index (χ1n) is 9.98. The Hall–Kier alpha value is -2.34. The number of rotatable bonds is 14. The molecule has 4 atom stereocenters. The lowest BCUT2D eigenvalue weighted by atomic mass is 10.0. The van der Waals surface area contributed by atoms with E-state index in [1.807, 2.05) is 6.26 Å². The van der Waals surface area contributed by atoms with Crippen LogP contribution >= 0.6 is 11.8 Å². The first-order chi connectivity index (χ1) is 14.3. The average Bonchev–Trinajstić information content (AvgIpc) is 2.65. The third-order valence-electron chi connectivity index (χ3n) is 4.48. The zero-order valence-electron chi connectivity index (χ0n) is 18.6. The van der Waals surface area contributed by atoms with Gasteiger partial charge in [-0.3, -0.25) is 19.2 Å². The molecule has 0 aromatic heterocycles. The van der Waals surface area contributed by atoms with Gasteiger partial charge in [0.25, 0.3) is 0 Å². The van der Waals surface area contributed by atoms with Crippen LogP contribution in [-0.2, 0) is 24.0 Å². The fourth-order valence-electron chi connectivity index (χ4n) is 2.64. The van der Waals surface area contributed by atoms with E-state index in [-0.39, 0.29) is 24.7 Å². The summed E-state index contributed by atoms with van der Waals surface area (Å²) in [6.45, 7) is 6.71. The van der Waals surface area contributed by atoms with Crippen LogP contribution in [0.3, 0.4) is 0 Å². The van der Waals surface area contributed by atoms with E-state index in [9.17, 15) is 29.1 Å². The van der Waals surface area contributed by atoms with Crippen molar-refractivity contribution >= 4 is 41.4 Å². The van der Waals surface area contributed by atoms with Crippen LogP contribution in [0.25, 0.3) is 0 Å². The molecule has 0 radical (unpaired) electrons. The number of amides is 4. The molecule has 0 aliphatic heterocycles. The number of carboxylic acids is 1. The second-order valence-corrected chi connectivity index (χ2v) is 8.90. The molecule has 178 valence electrons. The van der Waals surface area contributed by atoms with E-state index < -0.39 is 53.8 Å². The number of carbonyl (C=O) groups excluding carboxylic acids is 4. The molecule has 0 saturated heterocycles. The second kappa shape index (κ2) is 13.9. The molecule has 0 aliphatic rings. The van der Waals surface area contributed by atoms with Gasteiger partial charge in [0.05, 0.1) is 12.5 Å². The van der Waals surface area contributed by atoms with E-state index in [0.29, 0.717) is 5.75 Å². The summed E-state index contributed by atoms with van der Waals surface area (Å²) >= 11 is 1.46. The first-order valence-corrected chi connectivity index (χ1v) is 11.4. The number of primary amides is 1. The van der Waals surface area contributed by atoms with Gasteiger partial charge < -0.3 is 32.5 Å². The highest BCUT2D eigenvalue weighted by molar-refractivity contribution is 7.98. The molecule has 0 spiro atoms. The maximum atomic E-state index is 12.8. The van der Waals surface area contributed by atoms with Crippen LogP contribution in [0.2, 0.25) is 0 Å². The van der Waals surface area contributed by atoms with Crippen LogP contribution in [-0.4, -0.2) is 70.9 Å². The minimum absolute atomic E-state index is 0.267. The van der Waals surface area contributed by atoms with E-state index in [1.54, 1.807) is 27.7 Å². The number of nitrogens with one attached hydrogen (secondary N) is 3. The SMILES string of the molecule is CSCCC(NC(=O)C(NC(=O)C(N)CC(N)=O)C(C)C)C(=O)NC(C(=O)O)C(C)C. The van der Waals surface area contributed by atoms with Crippen LogP contribution in [0.15, 0.2) is 0 Å². The lowest BCUT2D eigenvalue weighted by Gasteiger charge is -2.27. The molecule has 0 saturated carbocycles. The molecule has 0 aromatic carbocycles. The summed E-state index contributed by atoms with van der Waals surface area (Å²) in [4.78, 5) is 60.1. The Labute approximate surface area is 186 Å². The summed E-state index contributed by atoms with van der Waals surface area (Å²) in [5.41, 5.74) is 10.7. The summed E-state index contributed by atoms with van der Waals surface area (Å²) in [5.74, 6) is -4.04. The highest BCUT2D eigenvalue weighted by atomic mass is 32.2. The van der Waals surface area contributed by atoms with E-state index in [0.717, 1.165) is 0 Å². The Morgan fingerprint density at radius 1 is 0.871 bits per heavy atom. The van der Waals surface area contributed by atoms with Crippen molar-refractivity contribution in [1.82, 2.24) is 16.0 Å². The smallest absolute Gasteiger partial charge is 0.326 e. The fourth-order valence-corrected chi connectivity index (χ4v) is 3.11. The van der Waals surface area contributed by atoms with Crippen molar-refractivity contribution < 1.29 is 29.1 Å². The molecule has 11 nitrogen and oxygen atoms in total. The van der Waals surface area contributed by atoms with Gasteiger partial charge in [-0.25, -0.2) is 4.79 Å². The molecular weight excluding hydrogens is 426 g/mol. The molecule has 4 amide bonds. The third kappa shape index (κ3) is 10.5. The van der Waals surface area contributed by atoms with Crippen molar-refractivity contribution in [1.29, 1.82) is 0 Å². The van der Waals surface area contributed by atoms with Crippen molar-refractivity contribution in [3.63, 3.8) is 0 Å². The zero-order chi connectivity index (χ0) is 24.3. The summed E-state index contributed by atoms with van der Waals surface area (Å²) in [5, 5.41) is 16.8. The number of nitrogens with two attached hydrogens (primary N) is 2. The van der Waals surface area contributed by atoms with E-state index in [1.165, 1.54) is 11.8 Å². The molecule has 31 heavy (non-hydrogen) atoms. The highest BCUT2D eigenvalue weighted by Crippen LogP contribution is 2.08. The normalized spacial score (nSPS) is 15.0. The number of hydrogen-bond donors (Lipinski definition) is 6. The molecule has 0 aromatic rings. The molecular formula is C19H35N5O6S. The van der Waals surface area contributed by atoms with Crippen molar-refractivity contribution in [3.05, 3.63) is 0 Å². The van der Waals surface area contributed by atoms with Crippen LogP contribution in [0, 0.1) is 11.8 Å². The Kier molecular flexibility index (Phi) is 12.8. The number of thioether (sulfide) groups is 1. The van der Waals surface area contributed by atoms with Crippen molar-refractivity contribution in [2.75, 3.05) is 12.0 Å². The standard InChI is InChI=1S/C19H35N5O6S/c1-9(2)14(23-16(26)11(20)8-13(21)25)18(28)22-12(6-7-31-5)17(27)24-15(10(3)4)19(29)30/h9-12,14-15H,6-8,20H2,1-5H3,(H2,21,25)(H,22,28)(H,23,26)(H,24,27)(H,29,30). The Balaban J connectivity index is 5.38. The molecule has 8 N–H and O–H groups in total. The van der Waals surface area contributed by atoms with E-state index >= 15 is 0 Å². The van der Waals surface area contributed by atoms with Crippen LogP contribution < -0.4 is 27.4 Å². The number of hydrogen-bond acceptors (Lipinski definition) is 7. The van der Waals surface area contributed by atoms with Crippen LogP contribution in [0.1, 0.15) is 40.5 Å². The van der Waals surface area contributed by atoms with Gasteiger partial charge in [-0.1, -0.05) is 27.7 Å². The zero-order valence-corrected chi connectivity index (χ0v) is 19.5. The third-order valence-corrected chi connectivity index (χ3v) is 5.12. The van der Waals surface area contributed by atoms with Crippen molar-refractivity contribution in [2.24, 2.45) is 23.3 Å². The van der Waals surface area contributed by atoms with Gasteiger partial charge in [0.2, 0.25) is 23.6 Å². The molecule has 0 aliphatic carbocycles. The molecule has 0 bridgehead atoms. The van der Waals surface area contributed by atoms with Gasteiger partial charge in [0.15, 0.2) is 0 Å². The lowest BCUT2D eigenvalue weighted by molar-refractivity contribution is -0.143. The molecule has 0 fully saturated rings. The molecule has 0 rings (SSSR count). The summed E-state index contributed by atoms with van der Waals surface area (Å²) in [6.07, 6.45) is 1.73. The van der Waals surface area contributed by atoms with Crippen molar-refractivity contribution in [2.45, 2.75) is 64.7 Å². The Morgan fingerprint density at radius 3 is 1.81 bits per heavy atom. The fraction of sp³-hybridized carbons (Fsp3) is 0.737. The Bertz CT molecular complexity index is 658. The summed E-state index contributed by atoms with van der Waals surface area (Å²) < 4.78 is 0. The lowest BCUT2D eigenvalue weighted by Crippen LogP contribution is -2.59. The summed E-state index contributed by atoms with van der Waals surface area (Å²) in [7, 11) is 0. The van der Waals surface area contributed by atoms with Gasteiger partial charge in [0, 0.05) is 0 Å². The molecule has 12 heteroatoms. The number of carboxylic acid groups (broad SMARTS) is 1. The van der Waals surface area contributed by atoms with Crippen LogP contribution in [0.5, 0.6) is 0 Å². The molecule has 0 heterocycles. The van der Waals surface area contributed by atoms with Gasteiger partial charge in [-0.15, -0.1) is 0 Å². The quantitative estimate of drug-likeness (QED) is 0.185. The van der Waals surface area contributed by atoms with E-state index in [4.69, 9.17) is 11.5 Å². The maximum absolute atomic E-state index is 12.8. The Morgan fingerprint density at radius 2 is 1.39 bits per heavy atom. The second-order valence-electron chi connectivity index (χ2n) is 7.92. The largest absolute Gasteiger partial charge is 0.480 e. The monoisotopic (exact) mass is 461 g/mol. The number of aliphatic carboxylic acids is 1. The first kappa shape index (κ1) is 28.7. The van der Waals surface area contributed by atoms with E-state index in [2.05, 4.69) is 16.0 Å². The van der Waals surface area contributed by atoms with Gasteiger partial charge in [-0.2, -0.15) is 11.8 Å². The van der Waals surface area contributed by atoms with Crippen LogP contribution in [0.4, 0.5) is 0 Å². The van der Waals surface area contributed by atoms with Gasteiger partial charge in [0.1, 0.15) is 18.1 Å². The average molecular weight is 462 g/mol. The number of carbonyl (C=O) groups is 5. The van der Waals surface area contributed by atoms with Gasteiger partial charge in [-0.05, 0) is 30.3 Å². The predicted octanol–water partition coefficient (Wildman–Crippen LogP) is -1.21. The highest BCUT2D eigenvalue weighted by Gasteiger charge is 2.32. The molecule has 4 unspecified atom stereocenters. The minimum Gasteiger partial charge on any atom is -0.480 e. The van der Waals surface area contributed by atoms with Crippen molar-refractivity contribution in [3.8, 4) is 0 Å². The summed E-state index contributed by atoms with van der Waals surface area (Å²) in [6, 6.07) is -4.31. The minimum atomic E-state index is -1.20. The maximum Gasteiger partial charge on any atom is 0.326 e. The topological polar surface area (TPSA) is 194 Å². The predicted molar refractivity (Wildman–Crippen MR) is 118 cm³/mol.